The van der Waals surface area contributed by atoms with Crippen molar-refractivity contribution in [2.75, 3.05) is 7.11 Å². The summed E-state index contributed by atoms with van der Waals surface area (Å²) in [7, 11) is 1.65. The first-order chi connectivity index (χ1) is 10.2. The highest BCUT2D eigenvalue weighted by atomic mass is 19.1. The second-order valence-corrected chi connectivity index (χ2v) is 5.14. The molecule has 0 aliphatic carbocycles. The van der Waals surface area contributed by atoms with Crippen molar-refractivity contribution >= 4 is 0 Å². The third-order valence-corrected chi connectivity index (χ3v) is 3.76. The Hall–Kier alpha value is -1.87. The number of hydrogen-bond acceptors (Lipinski definition) is 2. The van der Waals surface area contributed by atoms with Gasteiger partial charge in [-0.1, -0.05) is 37.3 Å². The standard InChI is InChI=1S/C18H22FNO/c1-4-18(16-7-5-6-8-17(16)19)20-13(2)14-9-11-15(21-3)12-10-14/h5-13,18,20H,4H2,1-3H3/t13-,18?/m1/s1. The fourth-order valence-electron chi connectivity index (χ4n) is 2.48. The highest BCUT2D eigenvalue weighted by Gasteiger charge is 2.16. The van der Waals surface area contributed by atoms with Crippen LogP contribution in [0, 0.1) is 5.82 Å². The van der Waals surface area contributed by atoms with Crippen LogP contribution in [0.4, 0.5) is 4.39 Å². The summed E-state index contributed by atoms with van der Waals surface area (Å²) in [5.41, 5.74) is 1.88. The van der Waals surface area contributed by atoms with Gasteiger partial charge in [0.2, 0.25) is 0 Å². The van der Waals surface area contributed by atoms with Crippen LogP contribution in [0.2, 0.25) is 0 Å². The number of halogens is 1. The molecule has 2 nitrogen and oxygen atoms in total. The Morgan fingerprint density at radius 2 is 1.76 bits per heavy atom. The monoisotopic (exact) mass is 287 g/mol. The van der Waals surface area contributed by atoms with Crippen molar-refractivity contribution < 1.29 is 9.13 Å². The Balaban J connectivity index is 2.12. The molecule has 0 spiro atoms. The number of nitrogens with one attached hydrogen (secondary N) is 1. The van der Waals surface area contributed by atoms with E-state index in [1.54, 1.807) is 13.2 Å². The normalized spacial score (nSPS) is 13.7. The summed E-state index contributed by atoms with van der Waals surface area (Å²) in [5, 5.41) is 3.50. The fraction of sp³-hybridized carbons (Fsp3) is 0.333. The van der Waals surface area contributed by atoms with Gasteiger partial charge in [-0.15, -0.1) is 0 Å². The lowest BCUT2D eigenvalue weighted by Gasteiger charge is -2.23. The lowest BCUT2D eigenvalue weighted by atomic mass is 10.0. The molecule has 2 aromatic rings. The zero-order valence-electron chi connectivity index (χ0n) is 12.8. The summed E-state index contributed by atoms with van der Waals surface area (Å²) in [6.07, 6.45) is 0.835. The molecule has 3 heteroatoms. The summed E-state index contributed by atoms with van der Waals surface area (Å²) >= 11 is 0. The second kappa shape index (κ2) is 7.23. The number of methoxy groups -OCH3 is 1. The van der Waals surface area contributed by atoms with E-state index in [1.807, 2.05) is 36.4 Å². The van der Waals surface area contributed by atoms with E-state index >= 15 is 0 Å². The SMILES string of the molecule is CCC(N[C@H](C)c1ccc(OC)cc1)c1ccccc1F. The molecule has 0 fully saturated rings. The van der Waals surface area contributed by atoms with E-state index in [9.17, 15) is 4.39 Å². The van der Waals surface area contributed by atoms with Gasteiger partial charge in [0.05, 0.1) is 7.11 Å². The van der Waals surface area contributed by atoms with Crippen LogP contribution < -0.4 is 10.1 Å². The molecule has 2 atom stereocenters. The molecule has 0 heterocycles. The summed E-state index contributed by atoms with van der Waals surface area (Å²) < 4.78 is 19.1. The Kier molecular flexibility index (Phi) is 5.34. The predicted molar refractivity (Wildman–Crippen MR) is 84.0 cm³/mol. The average Bonchev–Trinajstić information content (AvgIpc) is 2.53. The zero-order valence-corrected chi connectivity index (χ0v) is 12.8. The lowest BCUT2D eigenvalue weighted by molar-refractivity contribution is 0.413. The zero-order chi connectivity index (χ0) is 15.2. The maximum atomic E-state index is 13.9. The van der Waals surface area contributed by atoms with Gasteiger partial charge in [-0.25, -0.2) is 4.39 Å². The Morgan fingerprint density at radius 3 is 2.33 bits per heavy atom. The van der Waals surface area contributed by atoms with Crippen LogP contribution in [-0.4, -0.2) is 7.11 Å². The molecule has 0 saturated carbocycles. The van der Waals surface area contributed by atoms with Crippen molar-refractivity contribution in [2.24, 2.45) is 0 Å². The molecule has 0 bridgehead atoms. The van der Waals surface area contributed by atoms with E-state index in [2.05, 4.69) is 19.2 Å². The Bertz CT molecular complexity index is 568. The highest BCUT2D eigenvalue weighted by Crippen LogP contribution is 2.25. The molecule has 0 amide bonds. The molecule has 0 saturated heterocycles. The summed E-state index contributed by atoms with van der Waals surface area (Å²) in [6, 6.07) is 15.0. The molecule has 1 N–H and O–H groups in total. The highest BCUT2D eigenvalue weighted by molar-refractivity contribution is 5.29. The summed E-state index contributed by atoms with van der Waals surface area (Å²) in [4.78, 5) is 0. The third-order valence-electron chi connectivity index (χ3n) is 3.76. The van der Waals surface area contributed by atoms with Gasteiger partial charge < -0.3 is 10.1 Å². The van der Waals surface area contributed by atoms with Gasteiger partial charge in [-0.3, -0.25) is 0 Å². The Morgan fingerprint density at radius 1 is 1.10 bits per heavy atom. The van der Waals surface area contributed by atoms with Gasteiger partial charge in [0.15, 0.2) is 0 Å². The van der Waals surface area contributed by atoms with Gasteiger partial charge in [-0.2, -0.15) is 0 Å². The first-order valence-corrected chi connectivity index (χ1v) is 7.30. The second-order valence-electron chi connectivity index (χ2n) is 5.14. The smallest absolute Gasteiger partial charge is 0.127 e. The quantitative estimate of drug-likeness (QED) is 0.836. The fourth-order valence-corrected chi connectivity index (χ4v) is 2.48. The Labute approximate surface area is 126 Å². The van der Waals surface area contributed by atoms with Gasteiger partial charge >= 0.3 is 0 Å². The predicted octanol–water partition coefficient (Wildman–Crippen LogP) is 4.64. The number of hydrogen-bond donors (Lipinski definition) is 1. The van der Waals surface area contributed by atoms with Crippen molar-refractivity contribution in [3.63, 3.8) is 0 Å². The van der Waals surface area contributed by atoms with Crippen LogP contribution in [-0.2, 0) is 0 Å². The van der Waals surface area contributed by atoms with Crippen LogP contribution in [0.15, 0.2) is 48.5 Å². The van der Waals surface area contributed by atoms with Crippen molar-refractivity contribution in [1.82, 2.24) is 5.32 Å². The largest absolute Gasteiger partial charge is 0.497 e. The van der Waals surface area contributed by atoms with Crippen LogP contribution in [0.3, 0.4) is 0 Å². The van der Waals surface area contributed by atoms with E-state index in [4.69, 9.17) is 4.74 Å². The van der Waals surface area contributed by atoms with Gasteiger partial charge in [0, 0.05) is 17.6 Å². The van der Waals surface area contributed by atoms with Crippen LogP contribution >= 0.6 is 0 Å². The number of benzene rings is 2. The van der Waals surface area contributed by atoms with Crippen molar-refractivity contribution in [3.8, 4) is 5.75 Å². The molecule has 2 rings (SSSR count). The first kappa shape index (κ1) is 15.5. The minimum absolute atomic E-state index is 0.00306. The lowest BCUT2D eigenvalue weighted by Crippen LogP contribution is -2.25. The molecule has 0 aliphatic heterocycles. The molecule has 1 unspecified atom stereocenters. The minimum atomic E-state index is -0.154. The molecule has 21 heavy (non-hydrogen) atoms. The van der Waals surface area contributed by atoms with E-state index in [0.29, 0.717) is 0 Å². The number of rotatable bonds is 6. The van der Waals surface area contributed by atoms with Crippen molar-refractivity contribution in [3.05, 3.63) is 65.5 Å². The number of ether oxygens (including phenoxy) is 1. The molecular formula is C18H22FNO. The summed E-state index contributed by atoms with van der Waals surface area (Å²) in [6.45, 7) is 4.15. The van der Waals surface area contributed by atoms with Crippen molar-refractivity contribution in [2.45, 2.75) is 32.4 Å². The molecule has 0 radical (unpaired) electrons. The van der Waals surface area contributed by atoms with E-state index < -0.39 is 0 Å². The van der Waals surface area contributed by atoms with Crippen LogP contribution in [0.1, 0.15) is 43.5 Å². The molecule has 112 valence electrons. The average molecular weight is 287 g/mol. The van der Waals surface area contributed by atoms with Gasteiger partial charge in [-0.05, 0) is 37.1 Å². The van der Waals surface area contributed by atoms with E-state index in [-0.39, 0.29) is 17.9 Å². The van der Waals surface area contributed by atoms with Crippen molar-refractivity contribution in [1.29, 1.82) is 0 Å². The maximum absolute atomic E-state index is 13.9. The summed E-state index contributed by atoms with van der Waals surface area (Å²) in [5.74, 6) is 0.686. The van der Waals surface area contributed by atoms with Gasteiger partial charge in [0.25, 0.3) is 0 Å². The van der Waals surface area contributed by atoms with Crippen LogP contribution in [0.5, 0.6) is 5.75 Å². The third kappa shape index (κ3) is 3.82. The van der Waals surface area contributed by atoms with Crippen LogP contribution in [0.25, 0.3) is 0 Å². The molecule has 0 aliphatic rings. The first-order valence-electron chi connectivity index (χ1n) is 7.30. The molecule has 0 aromatic heterocycles. The topological polar surface area (TPSA) is 21.3 Å². The van der Waals surface area contributed by atoms with E-state index in [1.165, 1.54) is 6.07 Å². The minimum Gasteiger partial charge on any atom is -0.497 e. The molecule has 2 aromatic carbocycles. The molecular weight excluding hydrogens is 265 g/mol. The van der Waals surface area contributed by atoms with Gasteiger partial charge in [0.1, 0.15) is 11.6 Å². The maximum Gasteiger partial charge on any atom is 0.127 e. The van der Waals surface area contributed by atoms with E-state index in [0.717, 1.165) is 23.3 Å².